The molecule has 1 N–H and O–H groups in total. The minimum Gasteiger partial charge on any atom is -0.386 e. The average Bonchev–Trinajstić information content (AvgIpc) is 2.00. The van der Waals surface area contributed by atoms with Gasteiger partial charge >= 0.3 is 0 Å². The Hall–Kier alpha value is -0.0831. The molecule has 0 rings (SSSR count). The molecule has 78 valence electrons. The van der Waals surface area contributed by atoms with Crippen LogP contribution in [0.15, 0.2) is 11.3 Å². The summed E-state index contributed by atoms with van der Waals surface area (Å²) in [4.78, 5) is 0. The van der Waals surface area contributed by atoms with Gasteiger partial charge in [0, 0.05) is 0 Å². The van der Waals surface area contributed by atoms with Gasteiger partial charge in [0.2, 0.25) is 0 Å². The van der Waals surface area contributed by atoms with Crippen LogP contribution >= 0.6 is 0 Å². The van der Waals surface area contributed by atoms with Crippen molar-refractivity contribution in [1.82, 2.24) is 0 Å². The molecule has 2 heteroatoms. The van der Waals surface area contributed by atoms with Crippen LogP contribution in [0.1, 0.15) is 33.6 Å². The number of rotatable bonds is 4. The molecule has 0 aliphatic rings. The predicted molar refractivity (Wildman–Crippen MR) is 62.6 cm³/mol. The maximum absolute atomic E-state index is 10.2. The van der Waals surface area contributed by atoms with Crippen molar-refractivity contribution in [3.8, 4) is 0 Å². The Kier molecular flexibility index (Phi) is 4.40. The molecule has 0 saturated heterocycles. The van der Waals surface area contributed by atoms with E-state index in [1.54, 1.807) is 0 Å². The summed E-state index contributed by atoms with van der Waals surface area (Å²) < 4.78 is 0. The highest BCUT2D eigenvalue weighted by molar-refractivity contribution is 6.81. The third kappa shape index (κ3) is 4.10. The Bertz CT molecular complexity index is 185. The lowest BCUT2D eigenvalue weighted by Crippen LogP contribution is -2.30. The van der Waals surface area contributed by atoms with Gasteiger partial charge in [0.15, 0.2) is 0 Å². The van der Waals surface area contributed by atoms with Crippen LogP contribution in [0.25, 0.3) is 0 Å². The quantitative estimate of drug-likeness (QED) is 0.690. The summed E-state index contributed by atoms with van der Waals surface area (Å²) in [6, 6.07) is 0. The highest BCUT2D eigenvalue weighted by Crippen LogP contribution is 2.25. The Morgan fingerprint density at radius 2 is 1.62 bits per heavy atom. The molecule has 0 aliphatic heterocycles. The van der Waals surface area contributed by atoms with Crippen molar-refractivity contribution in [1.29, 1.82) is 0 Å². The summed E-state index contributed by atoms with van der Waals surface area (Å²) in [5.41, 5.74) is 2.91. The van der Waals surface area contributed by atoms with Gasteiger partial charge in [-0.15, -0.1) is 0 Å². The highest BCUT2D eigenvalue weighted by Gasteiger charge is 2.25. The van der Waals surface area contributed by atoms with Gasteiger partial charge in [-0.2, -0.15) is 0 Å². The van der Waals surface area contributed by atoms with E-state index in [1.807, 2.05) is 13.8 Å². The zero-order valence-corrected chi connectivity index (χ0v) is 10.9. The smallest absolute Gasteiger partial charge is 0.0845 e. The van der Waals surface area contributed by atoms with Crippen molar-refractivity contribution in [3.63, 3.8) is 0 Å². The minimum atomic E-state index is -1.18. The molecule has 0 fully saturated rings. The summed E-state index contributed by atoms with van der Waals surface area (Å²) >= 11 is 0. The Balaban J connectivity index is 4.75. The van der Waals surface area contributed by atoms with Crippen LogP contribution < -0.4 is 0 Å². The summed E-state index contributed by atoms with van der Waals surface area (Å²) in [5.74, 6) is 0. The summed E-state index contributed by atoms with van der Waals surface area (Å²) in [5, 5.41) is 10.2. The second-order valence-corrected chi connectivity index (χ2v) is 9.95. The van der Waals surface area contributed by atoms with E-state index < -0.39 is 13.7 Å². The zero-order chi connectivity index (χ0) is 10.7. The third-order valence-electron chi connectivity index (χ3n) is 2.55. The fraction of sp³-hybridized carbons (Fsp3) is 0.818. The van der Waals surface area contributed by atoms with Gasteiger partial charge in [0.05, 0.1) is 13.7 Å². The number of hydrogen-bond donors (Lipinski definition) is 1. The summed E-state index contributed by atoms with van der Waals surface area (Å²) in [7, 11) is -1.18. The van der Waals surface area contributed by atoms with Crippen molar-refractivity contribution in [2.75, 3.05) is 0 Å². The van der Waals surface area contributed by atoms with Crippen LogP contribution in [0.5, 0.6) is 0 Å². The standard InChI is InChI=1S/C11H24OSi/c1-7-11(12,8-2)10(3)9-13(4,5)6/h9,12H,7-8H2,1-6H3/b10-9+. The van der Waals surface area contributed by atoms with Crippen molar-refractivity contribution >= 4 is 8.07 Å². The second-order valence-electron chi connectivity index (χ2n) is 4.93. The molecule has 0 aliphatic carbocycles. The zero-order valence-electron chi connectivity index (χ0n) is 9.94. The first-order valence-electron chi connectivity index (χ1n) is 5.17. The molecular formula is C11H24OSi. The SMILES string of the molecule is CCC(O)(CC)/C(C)=C/[Si](C)(C)C. The maximum Gasteiger partial charge on any atom is 0.0845 e. The molecule has 0 radical (unpaired) electrons. The first-order valence-corrected chi connectivity index (χ1v) is 8.75. The Morgan fingerprint density at radius 1 is 1.23 bits per heavy atom. The van der Waals surface area contributed by atoms with Crippen molar-refractivity contribution in [2.45, 2.75) is 58.9 Å². The highest BCUT2D eigenvalue weighted by atomic mass is 28.3. The maximum atomic E-state index is 10.2. The number of hydrogen-bond acceptors (Lipinski definition) is 1. The van der Waals surface area contributed by atoms with Gasteiger partial charge in [0.25, 0.3) is 0 Å². The monoisotopic (exact) mass is 200 g/mol. The lowest BCUT2D eigenvalue weighted by atomic mass is 9.90. The van der Waals surface area contributed by atoms with Gasteiger partial charge < -0.3 is 5.11 Å². The van der Waals surface area contributed by atoms with E-state index in [0.29, 0.717) is 0 Å². The minimum absolute atomic E-state index is 0.555. The van der Waals surface area contributed by atoms with Crippen LogP contribution in [0.3, 0.4) is 0 Å². The van der Waals surface area contributed by atoms with Crippen molar-refractivity contribution in [2.24, 2.45) is 0 Å². The molecule has 0 saturated carbocycles. The molecule has 0 heterocycles. The van der Waals surface area contributed by atoms with E-state index >= 15 is 0 Å². The summed E-state index contributed by atoms with van der Waals surface area (Å²) in [6.07, 6.45) is 1.63. The summed E-state index contributed by atoms with van der Waals surface area (Å²) in [6.45, 7) is 13.0. The molecule has 0 spiro atoms. The third-order valence-corrected chi connectivity index (χ3v) is 3.85. The largest absolute Gasteiger partial charge is 0.386 e. The van der Waals surface area contributed by atoms with Gasteiger partial charge in [-0.3, -0.25) is 0 Å². The lowest BCUT2D eigenvalue weighted by molar-refractivity contribution is 0.0703. The molecule has 0 aromatic carbocycles. The van der Waals surface area contributed by atoms with Crippen LogP contribution in [0.2, 0.25) is 19.6 Å². The van der Waals surface area contributed by atoms with Gasteiger partial charge in [0.1, 0.15) is 0 Å². The van der Waals surface area contributed by atoms with E-state index in [2.05, 4.69) is 32.3 Å². The molecular weight excluding hydrogens is 176 g/mol. The molecule has 0 aromatic heterocycles. The predicted octanol–water partition coefficient (Wildman–Crippen LogP) is 3.36. The van der Waals surface area contributed by atoms with Crippen LogP contribution in [-0.2, 0) is 0 Å². The van der Waals surface area contributed by atoms with Gasteiger partial charge in [-0.1, -0.05) is 39.2 Å². The first-order chi connectivity index (χ1) is 5.75. The van der Waals surface area contributed by atoms with Crippen molar-refractivity contribution in [3.05, 3.63) is 11.3 Å². The molecule has 0 atom stereocenters. The first kappa shape index (κ1) is 12.9. The molecule has 0 aromatic rings. The van der Waals surface area contributed by atoms with E-state index in [1.165, 1.54) is 0 Å². The second kappa shape index (κ2) is 4.42. The fourth-order valence-corrected chi connectivity index (χ4v) is 3.16. The molecule has 13 heavy (non-hydrogen) atoms. The van der Waals surface area contributed by atoms with Crippen LogP contribution in [0, 0.1) is 0 Å². The Morgan fingerprint density at radius 3 is 1.85 bits per heavy atom. The molecule has 1 nitrogen and oxygen atoms in total. The Labute approximate surface area is 83.9 Å². The van der Waals surface area contributed by atoms with Gasteiger partial charge in [-0.05, 0) is 25.3 Å². The normalized spacial score (nSPS) is 14.8. The van der Waals surface area contributed by atoms with E-state index in [0.717, 1.165) is 18.4 Å². The number of aliphatic hydroxyl groups is 1. The molecule has 0 bridgehead atoms. The molecule has 0 amide bonds. The fourth-order valence-electron chi connectivity index (χ4n) is 1.59. The van der Waals surface area contributed by atoms with E-state index in [-0.39, 0.29) is 0 Å². The van der Waals surface area contributed by atoms with Crippen LogP contribution in [-0.4, -0.2) is 18.8 Å². The van der Waals surface area contributed by atoms with E-state index in [9.17, 15) is 5.11 Å². The van der Waals surface area contributed by atoms with Gasteiger partial charge in [-0.25, -0.2) is 0 Å². The molecule has 0 unspecified atom stereocenters. The van der Waals surface area contributed by atoms with Crippen LogP contribution in [0.4, 0.5) is 0 Å². The van der Waals surface area contributed by atoms with E-state index in [4.69, 9.17) is 0 Å². The topological polar surface area (TPSA) is 20.2 Å². The average molecular weight is 200 g/mol. The lowest BCUT2D eigenvalue weighted by Gasteiger charge is -2.28. The van der Waals surface area contributed by atoms with Crippen molar-refractivity contribution < 1.29 is 5.11 Å².